The molecule has 0 aromatic heterocycles. The van der Waals surface area contributed by atoms with E-state index in [0.29, 0.717) is 6.61 Å². The summed E-state index contributed by atoms with van der Waals surface area (Å²) in [7, 11) is 0. The SMILES string of the molecule is C=CC(C)(CCCSCC)C(=O)OCC. The van der Waals surface area contributed by atoms with Crippen LogP contribution in [0.5, 0.6) is 0 Å². The van der Waals surface area contributed by atoms with Crippen molar-refractivity contribution in [2.45, 2.75) is 33.6 Å². The zero-order chi connectivity index (χ0) is 11.7. The first-order chi connectivity index (χ1) is 7.10. The number of rotatable bonds is 8. The highest BCUT2D eigenvalue weighted by atomic mass is 32.2. The van der Waals surface area contributed by atoms with Crippen LogP contribution < -0.4 is 0 Å². The molecule has 2 nitrogen and oxygen atoms in total. The molecule has 0 N–H and O–H groups in total. The van der Waals surface area contributed by atoms with Crippen molar-refractivity contribution in [3.05, 3.63) is 12.7 Å². The standard InChI is InChI=1S/C12H22O2S/c1-5-12(4,11(13)14-6-2)9-8-10-15-7-3/h5H,1,6-10H2,2-4H3. The lowest BCUT2D eigenvalue weighted by Crippen LogP contribution is -2.27. The van der Waals surface area contributed by atoms with Crippen LogP contribution in [0.2, 0.25) is 0 Å². The van der Waals surface area contributed by atoms with Gasteiger partial charge in [0.1, 0.15) is 0 Å². The van der Waals surface area contributed by atoms with E-state index in [-0.39, 0.29) is 5.97 Å². The van der Waals surface area contributed by atoms with E-state index in [0.717, 1.165) is 24.3 Å². The zero-order valence-corrected chi connectivity index (χ0v) is 10.9. The first-order valence-electron chi connectivity index (χ1n) is 5.49. The lowest BCUT2D eigenvalue weighted by molar-refractivity contribution is -0.151. The molecule has 88 valence electrons. The van der Waals surface area contributed by atoms with Gasteiger partial charge >= 0.3 is 5.97 Å². The molecule has 0 aliphatic carbocycles. The van der Waals surface area contributed by atoms with Crippen molar-refractivity contribution in [3.8, 4) is 0 Å². The number of hydrogen-bond donors (Lipinski definition) is 0. The summed E-state index contributed by atoms with van der Waals surface area (Å²) in [4.78, 5) is 11.7. The maximum absolute atomic E-state index is 11.7. The van der Waals surface area contributed by atoms with E-state index in [2.05, 4.69) is 13.5 Å². The van der Waals surface area contributed by atoms with Crippen molar-refractivity contribution >= 4 is 17.7 Å². The van der Waals surface area contributed by atoms with Crippen LogP contribution in [0.3, 0.4) is 0 Å². The molecule has 15 heavy (non-hydrogen) atoms. The van der Waals surface area contributed by atoms with Crippen molar-refractivity contribution in [3.63, 3.8) is 0 Å². The minimum atomic E-state index is -0.510. The predicted octanol–water partition coefficient (Wildman–Crippen LogP) is 3.28. The minimum Gasteiger partial charge on any atom is -0.465 e. The Bertz CT molecular complexity index is 204. The summed E-state index contributed by atoms with van der Waals surface area (Å²) in [6.07, 6.45) is 3.56. The Morgan fingerprint density at radius 2 is 2.20 bits per heavy atom. The van der Waals surface area contributed by atoms with E-state index in [1.165, 1.54) is 0 Å². The monoisotopic (exact) mass is 230 g/mol. The van der Waals surface area contributed by atoms with Gasteiger partial charge in [0.15, 0.2) is 0 Å². The summed E-state index contributed by atoms with van der Waals surface area (Å²) < 4.78 is 5.04. The van der Waals surface area contributed by atoms with Crippen LogP contribution >= 0.6 is 11.8 Å². The van der Waals surface area contributed by atoms with Crippen molar-refractivity contribution < 1.29 is 9.53 Å². The van der Waals surface area contributed by atoms with Crippen LogP contribution in [-0.4, -0.2) is 24.1 Å². The Labute approximate surface area is 97.5 Å². The van der Waals surface area contributed by atoms with Gasteiger partial charge in [0, 0.05) is 0 Å². The van der Waals surface area contributed by atoms with Crippen molar-refractivity contribution in [2.75, 3.05) is 18.1 Å². The topological polar surface area (TPSA) is 26.3 Å². The lowest BCUT2D eigenvalue weighted by Gasteiger charge is -2.22. The van der Waals surface area contributed by atoms with E-state index in [1.807, 2.05) is 25.6 Å². The second kappa shape index (κ2) is 7.80. The highest BCUT2D eigenvalue weighted by Crippen LogP contribution is 2.27. The van der Waals surface area contributed by atoms with Gasteiger partial charge in [-0.2, -0.15) is 11.8 Å². The average molecular weight is 230 g/mol. The van der Waals surface area contributed by atoms with Crippen LogP contribution in [0.4, 0.5) is 0 Å². The molecule has 0 aromatic rings. The zero-order valence-electron chi connectivity index (χ0n) is 10.0. The van der Waals surface area contributed by atoms with Gasteiger partial charge in [-0.15, -0.1) is 6.58 Å². The van der Waals surface area contributed by atoms with Gasteiger partial charge in [0.25, 0.3) is 0 Å². The summed E-state index contributed by atoms with van der Waals surface area (Å²) in [5.41, 5.74) is -0.510. The quantitative estimate of drug-likeness (QED) is 0.364. The molecule has 0 aliphatic rings. The highest BCUT2D eigenvalue weighted by Gasteiger charge is 2.30. The molecule has 1 atom stereocenters. The van der Waals surface area contributed by atoms with Gasteiger partial charge in [-0.25, -0.2) is 0 Å². The molecular formula is C12H22O2S. The smallest absolute Gasteiger partial charge is 0.315 e. The molecule has 0 spiro atoms. The largest absolute Gasteiger partial charge is 0.465 e. The number of esters is 1. The predicted molar refractivity (Wildman–Crippen MR) is 67.2 cm³/mol. The summed E-state index contributed by atoms with van der Waals surface area (Å²) in [6, 6.07) is 0. The summed E-state index contributed by atoms with van der Waals surface area (Å²) >= 11 is 1.90. The van der Waals surface area contributed by atoms with E-state index in [4.69, 9.17) is 4.74 Å². The maximum atomic E-state index is 11.7. The number of carbonyl (C=O) groups excluding carboxylic acids is 1. The fourth-order valence-corrected chi connectivity index (χ4v) is 1.91. The minimum absolute atomic E-state index is 0.151. The lowest BCUT2D eigenvalue weighted by atomic mass is 9.86. The van der Waals surface area contributed by atoms with Crippen molar-refractivity contribution in [1.82, 2.24) is 0 Å². The number of ether oxygens (including phenoxy) is 1. The molecule has 0 fully saturated rings. The first-order valence-corrected chi connectivity index (χ1v) is 6.64. The second-order valence-corrected chi connectivity index (χ2v) is 5.04. The van der Waals surface area contributed by atoms with Crippen LogP contribution in [0.1, 0.15) is 33.6 Å². The Hall–Kier alpha value is -0.440. The fourth-order valence-electron chi connectivity index (χ4n) is 1.27. The normalized spacial score (nSPS) is 14.3. The third-order valence-electron chi connectivity index (χ3n) is 2.38. The molecule has 1 unspecified atom stereocenters. The highest BCUT2D eigenvalue weighted by molar-refractivity contribution is 7.99. The first kappa shape index (κ1) is 14.6. The second-order valence-electron chi connectivity index (χ2n) is 3.64. The van der Waals surface area contributed by atoms with Gasteiger partial charge in [0.2, 0.25) is 0 Å². The van der Waals surface area contributed by atoms with E-state index >= 15 is 0 Å². The Morgan fingerprint density at radius 3 is 2.67 bits per heavy atom. The molecule has 0 saturated carbocycles. The average Bonchev–Trinajstić information content (AvgIpc) is 2.24. The molecule has 0 rings (SSSR count). The van der Waals surface area contributed by atoms with Crippen molar-refractivity contribution in [1.29, 1.82) is 0 Å². The summed E-state index contributed by atoms with van der Waals surface area (Å²) in [5.74, 6) is 2.07. The Balaban J connectivity index is 4.06. The summed E-state index contributed by atoms with van der Waals surface area (Å²) in [6.45, 7) is 10.0. The number of carbonyl (C=O) groups is 1. The third kappa shape index (κ3) is 5.26. The van der Waals surface area contributed by atoms with Crippen LogP contribution in [0, 0.1) is 5.41 Å². The summed E-state index contributed by atoms with van der Waals surface area (Å²) in [5, 5.41) is 0. The number of hydrogen-bond acceptors (Lipinski definition) is 3. The maximum Gasteiger partial charge on any atom is 0.315 e. The van der Waals surface area contributed by atoms with Crippen LogP contribution in [-0.2, 0) is 9.53 Å². The van der Waals surface area contributed by atoms with Gasteiger partial charge in [-0.3, -0.25) is 4.79 Å². The van der Waals surface area contributed by atoms with Gasteiger partial charge in [0.05, 0.1) is 12.0 Å². The molecule has 0 amide bonds. The fraction of sp³-hybridized carbons (Fsp3) is 0.750. The molecule has 0 aromatic carbocycles. The molecule has 0 radical (unpaired) electrons. The molecule has 0 heterocycles. The molecule has 3 heteroatoms. The van der Waals surface area contributed by atoms with E-state index in [9.17, 15) is 4.79 Å². The Kier molecular flexibility index (Phi) is 7.57. The van der Waals surface area contributed by atoms with Gasteiger partial charge < -0.3 is 4.74 Å². The Morgan fingerprint density at radius 1 is 1.53 bits per heavy atom. The van der Waals surface area contributed by atoms with Crippen molar-refractivity contribution in [2.24, 2.45) is 5.41 Å². The third-order valence-corrected chi connectivity index (χ3v) is 3.37. The van der Waals surface area contributed by atoms with Gasteiger partial charge in [-0.1, -0.05) is 13.0 Å². The number of thioether (sulfide) groups is 1. The molecule has 0 aliphatic heterocycles. The van der Waals surface area contributed by atoms with Crippen LogP contribution in [0.15, 0.2) is 12.7 Å². The van der Waals surface area contributed by atoms with E-state index in [1.54, 1.807) is 6.08 Å². The molecule has 0 saturated heterocycles. The van der Waals surface area contributed by atoms with Crippen LogP contribution in [0.25, 0.3) is 0 Å². The van der Waals surface area contributed by atoms with Gasteiger partial charge in [-0.05, 0) is 38.2 Å². The molecular weight excluding hydrogens is 208 g/mol. The molecule has 0 bridgehead atoms. The van der Waals surface area contributed by atoms with E-state index < -0.39 is 5.41 Å².